The molecule has 2 aromatic rings. The van der Waals surface area contributed by atoms with Crippen LogP contribution in [0.4, 0.5) is 5.69 Å². The van der Waals surface area contributed by atoms with Crippen LogP contribution in [0.1, 0.15) is 24.1 Å². The Labute approximate surface area is 164 Å². The molecule has 0 spiro atoms. The lowest BCUT2D eigenvalue weighted by Crippen LogP contribution is -2.36. The van der Waals surface area contributed by atoms with Gasteiger partial charge in [0.2, 0.25) is 5.91 Å². The van der Waals surface area contributed by atoms with Gasteiger partial charge in [0.25, 0.3) is 0 Å². The molecule has 1 aliphatic rings. The lowest BCUT2D eigenvalue weighted by Gasteiger charge is -2.29. The zero-order valence-corrected chi connectivity index (χ0v) is 16.2. The van der Waals surface area contributed by atoms with Gasteiger partial charge in [-0.3, -0.25) is 4.79 Å². The van der Waals surface area contributed by atoms with Crippen LogP contribution >= 0.6 is 23.2 Å². The second kappa shape index (κ2) is 8.76. The van der Waals surface area contributed by atoms with Crippen molar-refractivity contribution in [2.75, 3.05) is 31.2 Å². The van der Waals surface area contributed by atoms with Crippen molar-refractivity contribution in [3.05, 3.63) is 63.6 Å². The molecule has 0 aliphatic carbocycles. The maximum Gasteiger partial charge on any atom is 0.225 e. The van der Waals surface area contributed by atoms with Crippen LogP contribution in [0.3, 0.4) is 0 Å². The summed E-state index contributed by atoms with van der Waals surface area (Å²) in [5.74, 6) is -0.107. The molecule has 0 aromatic heterocycles. The number of morpholine rings is 1. The first kappa shape index (κ1) is 19.0. The number of hydrogen-bond acceptors (Lipinski definition) is 3. The molecule has 0 saturated carbocycles. The smallest absolute Gasteiger partial charge is 0.225 e. The number of benzene rings is 2. The van der Waals surface area contributed by atoms with Gasteiger partial charge in [-0.25, -0.2) is 0 Å². The Balaban J connectivity index is 1.60. The normalized spacial score (nSPS) is 15.6. The Kier molecular flexibility index (Phi) is 6.41. The van der Waals surface area contributed by atoms with Gasteiger partial charge < -0.3 is 15.0 Å². The van der Waals surface area contributed by atoms with Crippen LogP contribution < -0.4 is 10.2 Å². The molecule has 0 bridgehead atoms. The van der Waals surface area contributed by atoms with E-state index in [9.17, 15) is 4.79 Å². The number of nitrogens with zero attached hydrogens (tertiary/aromatic N) is 1. The summed E-state index contributed by atoms with van der Waals surface area (Å²) in [4.78, 5) is 14.7. The van der Waals surface area contributed by atoms with Crippen molar-refractivity contribution >= 4 is 34.8 Å². The van der Waals surface area contributed by atoms with E-state index in [0.29, 0.717) is 15.6 Å². The van der Waals surface area contributed by atoms with Crippen molar-refractivity contribution in [2.45, 2.75) is 19.4 Å². The third kappa shape index (κ3) is 4.70. The highest BCUT2D eigenvalue weighted by Crippen LogP contribution is 2.25. The number of amides is 1. The van der Waals surface area contributed by atoms with Crippen LogP contribution in [0, 0.1) is 0 Å². The van der Waals surface area contributed by atoms with E-state index in [-0.39, 0.29) is 18.4 Å². The summed E-state index contributed by atoms with van der Waals surface area (Å²) < 4.78 is 5.38. The number of carbonyl (C=O) groups excluding carboxylic acids is 1. The molecule has 1 aliphatic heterocycles. The molecule has 1 atom stereocenters. The maximum absolute atomic E-state index is 12.4. The highest BCUT2D eigenvalue weighted by Gasteiger charge is 2.15. The fraction of sp³-hybridized carbons (Fsp3) is 0.350. The molecule has 6 heteroatoms. The lowest BCUT2D eigenvalue weighted by molar-refractivity contribution is -0.121. The molecule has 26 heavy (non-hydrogen) atoms. The van der Waals surface area contributed by atoms with Gasteiger partial charge in [-0.05, 0) is 42.3 Å². The van der Waals surface area contributed by atoms with E-state index >= 15 is 0 Å². The van der Waals surface area contributed by atoms with Gasteiger partial charge in [-0.1, -0.05) is 41.4 Å². The molecule has 3 rings (SSSR count). The molecule has 1 heterocycles. The molecule has 1 unspecified atom stereocenters. The van der Waals surface area contributed by atoms with Crippen molar-refractivity contribution in [1.29, 1.82) is 0 Å². The summed E-state index contributed by atoms with van der Waals surface area (Å²) in [6, 6.07) is 13.4. The Bertz CT molecular complexity index is 739. The molecule has 4 nitrogen and oxygen atoms in total. The van der Waals surface area contributed by atoms with Crippen LogP contribution in [0.15, 0.2) is 42.5 Å². The van der Waals surface area contributed by atoms with Crippen molar-refractivity contribution in [2.24, 2.45) is 0 Å². The molecule has 1 amide bonds. The number of hydrogen-bond donors (Lipinski definition) is 1. The van der Waals surface area contributed by atoms with Crippen LogP contribution in [-0.4, -0.2) is 32.2 Å². The minimum Gasteiger partial charge on any atom is -0.378 e. The van der Waals surface area contributed by atoms with E-state index in [4.69, 9.17) is 27.9 Å². The van der Waals surface area contributed by atoms with Crippen LogP contribution in [0.25, 0.3) is 0 Å². The molecule has 138 valence electrons. The highest BCUT2D eigenvalue weighted by molar-refractivity contribution is 6.36. The van der Waals surface area contributed by atoms with E-state index in [2.05, 4.69) is 34.5 Å². The van der Waals surface area contributed by atoms with Crippen molar-refractivity contribution in [3.8, 4) is 0 Å². The van der Waals surface area contributed by atoms with E-state index < -0.39 is 0 Å². The third-order valence-electron chi connectivity index (χ3n) is 4.55. The van der Waals surface area contributed by atoms with Gasteiger partial charge in [0.1, 0.15) is 0 Å². The maximum atomic E-state index is 12.4. The zero-order valence-electron chi connectivity index (χ0n) is 14.7. The molecule has 1 fully saturated rings. The summed E-state index contributed by atoms with van der Waals surface area (Å²) in [6.45, 7) is 5.31. The van der Waals surface area contributed by atoms with Gasteiger partial charge in [0, 0.05) is 28.8 Å². The van der Waals surface area contributed by atoms with Gasteiger partial charge in [0.05, 0.1) is 25.7 Å². The van der Waals surface area contributed by atoms with E-state index in [0.717, 1.165) is 31.9 Å². The third-order valence-corrected chi connectivity index (χ3v) is 5.25. The number of anilines is 1. The minimum atomic E-state index is -0.107. The molecular weight excluding hydrogens is 371 g/mol. The first-order chi connectivity index (χ1) is 12.5. The van der Waals surface area contributed by atoms with E-state index in [1.807, 2.05) is 6.92 Å². The number of rotatable bonds is 5. The van der Waals surface area contributed by atoms with Gasteiger partial charge in [-0.2, -0.15) is 0 Å². The predicted octanol–water partition coefficient (Wildman–Crippen LogP) is 4.25. The molecule has 1 saturated heterocycles. The Morgan fingerprint density at radius 2 is 1.73 bits per heavy atom. The van der Waals surface area contributed by atoms with Crippen LogP contribution in [0.5, 0.6) is 0 Å². The van der Waals surface area contributed by atoms with Crippen molar-refractivity contribution in [3.63, 3.8) is 0 Å². The van der Waals surface area contributed by atoms with Gasteiger partial charge in [0.15, 0.2) is 0 Å². The highest BCUT2D eigenvalue weighted by atomic mass is 35.5. The van der Waals surface area contributed by atoms with Gasteiger partial charge in [-0.15, -0.1) is 0 Å². The van der Waals surface area contributed by atoms with E-state index in [1.165, 1.54) is 5.69 Å². The molecular formula is C20H22Cl2N2O2. The van der Waals surface area contributed by atoms with E-state index in [1.54, 1.807) is 18.2 Å². The first-order valence-corrected chi connectivity index (χ1v) is 9.45. The number of ether oxygens (including phenoxy) is 1. The summed E-state index contributed by atoms with van der Waals surface area (Å²) in [7, 11) is 0. The summed E-state index contributed by atoms with van der Waals surface area (Å²) in [5, 5.41) is 4.03. The monoisotopic (exact) mass is 392 g/mol. The topological polar surface area (TPSA) is 41.6 Å². The zero-order chi connectivity index (χ0) is 18.5. The average molecular weight is 393 g/mol. The number of nitrogens with one attached hydrogen (secondary N) is 1. The Morgan fingerprint density at radius 1 is 1.12 bits per heavy atom. The molecule has 2 aromatic carbocycles. The number of halogens is 2. The SMILES string of the molecule is CC(NC(=O)Cc1c(Cl)cccc1Cl)c1ccc(N2CCOCC2)cc1. The first-order valence-electron chi connectivity index (χ1n) is 8.69. The fourth-order valence-corrected chi connectivity index (χ4v) is 3.56. The standard InChI is InChI=1S/C20H22Cl2N2O2/c1-14(23-20(25)13-17-18(21)3-2-4-19(17)22)15-5-7-16(8-6-15)24-9-11-26-12-10-24/h2-8,14H,9-13H2,1H3,(H,23,25). The Hall–Kier alpha value is -1.75. The second-order valence-electron chi connectivity index (χ2n) is 6.36. The van der Waals surface area contributed by atoms with Crippen LogP contribution in [0.2, 0.25) is 10.0 Å². The number of carbonyl (C=O) groups is 1. The molecule has 0 radical (unpaired) electrons. The van der Waals surface area contributed by atoms with Gasteiger partial charge >= 0.3 is 0 Å². The second-order valence-corrected chi connectivity index (χ2v) is 7.17. The predicted molar refractivity (Wildman–Crippen MR) is 106 cm³/mol. The van der Waals surface area contributed by atoms with Crippen molar-refractivity contribution in [1.82, 2.24) is 5.32 Å². The summed E-state index contributed by atoms with van der Waals surface area (Å²) >= 11 is 12.3. The Morgan fingerprint density at radius 3 is 2.35 bits per heavy atom. The molecule has 1 N–H and O–H groups in total. The minimum absolute atomic E-state index is 0.0949. The summed E-state index contributed by atoms with van der Waals surface area (Å²) in [5.41, 5.74) is 2.89. The average Bonchev–Trinajstić information content (AvgIpc) is 2.66. The summed E-state index contributed by atoms with van der Waals surface area (Å²) in [6.07, 6.45) is 0.161. The fourth-order valence-electron chi connectivity index (χ4n) is 3.03. The van der Waals surface area contributed by atoms with Crippen LogP contribution in [-0.2, 0) is 16.0 Å². The quantitative estimate of drug-likeness (QED) is 0.826. The largest absolute Gasteiger partial charge is 0.378 e. The van der Waals surface area contributed by atoms with Crippen molar-refractivity contribution < 1.29 is 9.53 Å². The lowest BCUT2D eigenvalue weighted by atomic mass is 10.1.